The largest absolute Gasteiger partial charge is 0.339 e. The number of hydrogen-bond acceptors (Lipinski definition) is 4. The maximum Gasteiger partial charge on any atom is 0.266 e. The van der Waals surface area contributed by atoms with Crippen molar-refractivity contribution in [2.75, 3.05) is 12.3 Å². The Bertz CT molecular complexity index is 1150. The van der Waals surface area contributed by atoms with Crippen LogP contribution in [-0.4, -0.2) is 38.7 Å². The summed E-state index contributed by atoms with van der Waals surface area (Å²) in [4.78, 5) is 32.9. The van der Waals surface area contributed by atoms with Crippen molar-refractivity contribution >= 4 is 28.6 Å². The van der Waals surface area contributed by atoms with E-state index in [1.807, 2.05) is 48.2 Å². The standard InChI is InChI=1S/C24H27N3O2S/c1-16-11-12-19(14-17(16)2)27-23(29)20-9-4-5-10-21(20)25-24(27)30-15-22(28)26-13-7-6-8-18(26)3/h4-5,9-12,14,18H,6-8,13,15H2,1-3H3. The van der Waals surface area contributed by atoms with Crippen LogP contribution in [0.3, 0.4) is 0 Å². The lowest BCUT2D eigenvalue weighted by Crippen LogP contribution is -2.43. The Morgan fingerprint density at radius 2 is 1.93 bits per heavy atom. The molecule has 2 aromatic carbocycles. The van der Waals surface area contributed by atoms with Crippen molar-refractivity contribution in [1.82, 2.24) is 14.5 Å². The summed E-state index contributed by atoms with van der Waals surface area (Å²) in [7, 11) is 0. The van der Waals surface area contributed by atoms with Gasteiger partial charge in [0.05, 0.1) is 22.3 Å². The first-order valence-electron chi connectivity index (χ1n) is 10.5. The van der Waals surface area contributed by atoms with Crippen molar-refractivity contribution in [3.63, 3.8) is 0 Å². The molecule has 1 unspecified atom stereocenters. The zero-order valence-corrected chi connectivity index (χ0v) is 18.5. The molecule has 0 aliphatic carbocycles. The Hall–Kier alpha value is -2.60. The molecule has 1 fully saturated rings. The van der Waals surface area contributed by atoms with Crippen LogP contribution in [0.15, 0.2) is 52.4 Å². The minimum Gasteiger partial charge on any atom is -0.339 e. The highest BCUT2D eigenvalue weighted by atomic mass is 32.2. The van der Waals surface area contributed by atoms with Gasteiger partial charge in [-0.15, -0.1) is 0 Å². The van der Waals surface area contributed by atoms with Gasteiger partial charge in [0, 0.05) is 12.6 Å². The monoisotopic (exact) mass is 421 g/mol. The van der Waals surface area contributed by atoms with Crippen LogP contribution in [0, 0.1) is 13.8 Å². The van der Waals surface area contributed by atoms with Gasteiger partial charge >= 0.3 is 0 Å². The molecule has 1 amide bonds. The van der Waals surface area contributed by atoms with Crippen molar-refractivity contribution in [1.29, 1.82) is 0 Å². The summed E-state index contributed by atoms with van der Waals surface area (Å²) in [5, 5.41) is 1.14. The summed E-state index contributed by atoms with van der Waals surface area (Å²) in [6.45, 7) is 7.01. The number of fused-ring (bicyclic) bond motifs is 1. The number of piperidine rings is 1. The number of likely N-dealkylation sites (tertiary alicyclic amines) is 1. The minimum absolute atomic E-state index is 0.106. The third-order valence-electron chi connectivity index (χ3n) is 5.94. The van der Waals surface area contributed by atoms with E-state index in [0.717, 1.165) is 30.6 Å². The van der Waals surface area contributed by atoms with Gasteiger partial charge in [0.1, 0.15) is 0 Å². The molecule has 4 rings (SSSR count). The SMILES string of the molecule is Cc1ccc(-n2c(SCC(=O)N3CCCCC3C)nc3ccccc3c2=O)cc1C. The molecule has 5 nitrogen and oxygen atoms in total. The number of carbonyl (C=O) groups is 1. The third-order valence-corrected chi connectivity index (χ3v) is 6.87. The Balaban J connectivity index is 1.73. The summed E-state index contributed by atoms with van der Waals surface area (Å²) < 4.78 is 1.65. The Labute approximate surface area is 181 Å². The first-order valence-corrected chi connectivity index (χ1v) is 11.5. The van der Waals surface area contributed by atoms with Gasteiger partial charge in [-0.2, -0.15) is 0 Å². The second kappa shape index (κ2) is 8.64. The Morgan fingerprint density at radius 1 is 1.13 bits per heavy atom. The number of nitrogens with zero attached hydrogens (tertiary/aromatic N) is 3. The maximum absolute atomic E-state index is 13.4. The topological polar surface area (TPSA) is 55.2 Å². The zero-order valence-electron chi connectivity index (χ0n) is 17.7. The normalized spacial score (nSPS) is 16.8. The predicted octanol–water partition coefficient (Wildman–Crippen LogP) is 4.50. The van der Waals surface area contributed by atoms with Gasteiger partial charge in [-0.25, -0.2) is 4.98 Å². The van der Waals surface area contributed by atoms with Gasteiger partial charge in [-0.3, -0.25) is 14.2 Å². The van der Waals surface area contributed by atoms with Gasteiger partial charge in [0.15, 0.2) is 5.16 Å². The molecule has 0 spiro atoms. The fourth-order valence-electron chi connectivity index (χ4n) is 3.98. The third kappa shape index (κ3) is 4.01. The number of thioether (sulfide) groups is 1. The lowest BCUT2D eigenvalue weighted by molar-refractivity contribution is -0.131. The van der Waals surface area contributed by atoms with Gasteiger partial charge in [0.2, 0.25) is 5.91 Å². The van der Waals surface area contributed by atoms with E-state index in [-0.39, 0.29) is 23.3 Å². The molecule has 6 heteroatoms. The number of hydrogen-bond donors (Lipinski definition) is 0. The number of aromatic nitrogens is 2. The predicted molar refractivity (Wildman–Crippen MR) is 123 cm³/mol. The van der Waals surface area contributed by atoms with E-state index < -0.39 is 0 Å². The quantitative estimate of drug-likeness (QED) is 0.460. The summed E-state index contributed by atoms with van der Waals surface area (Å²) in [6, 6.07) is 13.6. The van der Waals surface area contributed by atoms with E-state index in [0.29, 0.717) is 16.1 Å². The van der Waals surface area contributed by atoms with Crippen LogP contribution in [0.1, 0.15) is 37.3 Å². The number of amides is 1. The van der Waals surface area contributed by atoms with Gasteiger partial charge in [-0.1, -0.05) is 30.0 Å². The molecular formula is C24H27N3O2S. The molecule has 0 radical (unpaired) electrons. The highest BCUT2D eigenvalue weighted by molar-refractivity contribution is 7.99. The molecule has 156 valence electrons. The molecule has 0 N–H and O–H groups in total. The van der Waals surface area contributed by atoms with E-state index in [1.54, 1.807) is 10.6 Å². The first kappa shape index (κ1) is 20.7. The van der Waals surface area contributed by atoms with Crippen LogP contribution in [0.2, 0.25) is 0 Å². The summed E-state index contributed by atoms with van der Waals surface area (Å²) in [6.07, 6.45) is 3.29. The summed E-state index contributed by atoms with van der Waals surface area (Å²) >= 11 is 1.35. The highest BCUT2D eigenvalue weighted by Crippen LogP contribution is 2.24. The van der Waals surface area contributed by atoms with Gasteiger partial charge in [-0.05, 0) is 75.4 Å². The summed E-state index contributed by atoms with van der Waals surface area (Å²) in [5.41, 5.74) is 3.61. The van der Waals surface area contributed by atoms with Crippen LogP contribution in [0.5, 0.6) is 0 Å². The molecule has 1 aliphatic rings. The molecule has 3 aromatic rings. The van der Waals surface area contributed by atoms with E-state index in [1.165, 1.54) is 23.7 Å². The van der Waals surface area contributed by atoms with Gasteiger partial charge in [0.25, 0.3) is 5.56 Å². The number of rotatable bonds is 4. The molecule has 30 heavy (non-hydrogen) atoms. The molecular weight excluding hydrogens is 394 g/mol. The molecule has 0 saturated carbocycles. The van der Waals surface area contributed by atoms with Gasteiger partial charge < -0.3 is 4.90 Å². The molecule has 2 heterocycles. The number of aryl methyl sites for hydroxylation is 2. The molecule has 1 atom stereocenters. The van der Waals surface area contributed by atoms with Crippen molar-refractivity contribution in [3.8, 4) is 5.69 Å². The van der Waals surface area contributed by atoms with Crippen LogP contribution in [0.4, 0.5) is 0 Å². The fraction of sp³-hybridized carbons (Fsp3) is 0.375. The van der Waals surface area contributed by atoms with Crippen LogP contribution in [0.25, 0.3) is 16.6 Å². The smallest absolute Gasteiger partial charge is 0.266 e. The lowest BCUT2D eigenvalue weighted by atomic mass is 10.0. The Kier molecular flexibility index (Phi) is 5.95. The zero-order chi connectivity index (χ0) is 21.3. The number of para-hydroxylation sites is 1. The molecule has 1 aromatic heterocycles. The first-order chi connectivity index (χ1) is 14.5. The van der Waals surface area contributed by atoms with Crippen LogP contribution >= 0.6 is 11.8 Å². The van der Waals surface area contributed by atoms with E-state index in [9.17, 15) is 9.59 Å². The van der Waals surface area contributed by atoms with Crippen LogP contribution < -0.4 is 5.56 Å². The summed E-state index contributed by atoms with van der Waals surface area (Å²) in [5.74, 6) is 0.390. The van der Waals surface area contributed by atoms with E-state index in [4.69, 9.17) is 4.98 Å². The molecule has 1 aliphatic heterocycles. The van der Waals surface area contributed by atoms with Crippen molar-refractivity contribution in [2.24, 2.45) is 0 Å². The molecule has 0 bridgehead atoms. The average Bonchev–Trinajstić information content (AvgIpc) is 2.74. The minimum atomic E-state index is -0.106. The van der Waals surface area contributed by atoms with Crippen LogP contribution in [-0.2, 0) is 4.79 Å². The second-order valence-corrected chi connectivity index (χ2v) is 8.98. The van der Waals surface area contributed by atoms with E-state index in [2.05, 4.69) is 13.8 Å². The van der Waals surface area contributed by atoms with Crippen molar-refractivity contribution in [2.45, 2.75) is 51.2 Å². The molecule has 1 saturated heterocycles. The van der Waals surface area contributed by atoms with Crippen molar-refractivity contribution < 1.29 is 4.79 Å². The maximum atomic E-state index is 13.4. The average molecular weight is 422 g/mol. The van der Waals surface area contributed by atoms with Crippen molar-refractivity contribution in [3.05, 3.63) is 63.9 Å². The van der Waals surface area contributed by atoms with E-state index >= 15 is 0 Å². The number of benzene rings is 2. The number of carbonyl (C=O) groups excluding carboxylic acids is 1. The Morgan fingerprint density at radius 3 is 2.70 bits per heavy atom. The fourth-order valence-corrected chi connectivity index (χ4v) is 4.88. The second-order valence-electron chi connectivity index (χ2n) is 8.04. The lowest BCUT2D eigenvalue weighted by Gasteiger charge is -2.33. The highest BCUT2D eigenvalue weighted by Gasteiger charge is 2.24.